The lowest BCUT2D eigenvalue weighted by molar-refractivity contribution is -0.0982. The number of fused-ring (bicyclic) bond motifs is 2. The van der Waals surface area contributed by atoms with Gasteiger partial charge in [-0.25, -0.2) is 0 Å². The first kappa shape index (κ1) is 18.5. The molecule has 9 heteroatoms. The number of amides is 1. The molecule has 3 aromatic heterocycles. The standard InChI is InChI=1S/C20H24N6O2S/c27-19(21-12-14-1-6-22-24-14)18-11-16-17(29-18)3-10-28-20(16)4-8-26(9-5-20)13-15-2-7-23-25-15/h1-2,6-7,11H,3-5,8-10,12-13H2,(H,21,27)(H,22,24)(H,23,25). The summed E-state index contributed by atoms with van der Waals surface area (Å²) in [7, 11) is 0. The molecule has 1 saturated heterocycles. The number of thiophene rings is 1. The predicted molar refractivity (Wildman–Crippen MR) is 109 cm³/mol. The molecule has 3 aromatic rings. The Morgan fingerprint density at radius 2 is 1.97 bits per heavy atom. The number of nitrogens with zero attached hydrogens (tertiary/aromatic N) is 3. The molecule has 8 nitrogen and oxygen atoms in total. The molecule has 5 rings (SSSR count). The normalized spacial score (nSPS) is 18.6. The van der Waals surface area contributed by atoms with Crippen LogP contribution in [0.2, 0.25) is 0 Å². The second kappa shape index (κ2) is 7.74. The number of carbonyl (C=O) groups excluding carboxylic acids is 1. The maximum Gasteiger partial charge on any atom is 0.261 e. The van der Waals surface area contributed by atoms with Crippen molar-refractivity contribution < 1.29 is 9.53 Å². The highest BCUT2D eigenvalue weighted by atomic mass is 32.1. The van der Waals surface area contributed by atoms with Gasteiger partial charge in [-0.1, -0.05) is 0 Å². The van der Waals surface area contributed by atoms with Crippen LogP contribution in [0.3, 0.4) is 0 Å². The first-order chi connectivity index (χ1) is 14.2. The van der Waals surface area contributed by atoms with E-state index in [2.05, 4.69) is 36.7 Å². The molecule has 1 amide bonds. The van der Waals surface area contributed by atoms with Crippen LogP contribution in [0.1, 0.15) is 44.3 Å². The van der Waals surface area contributed by atoms with Gasteiger partial charge in [0.05, 0.1) is 29.3 Å². The molecule has 0 radical (unpaired) electrons. The van der Waals surface area contributed by atoms with Crippen molar-refractivity contribution in [1.82, 2.24) is 30.6 Å². The SMILES string of the molecule is O=C(NCc1ccn[nH]1)c1cc2c(s1)CCOC21CCN(Cc2ccn[nH]2)CC1. The second-order valence-corrected chi connectivity index (χ2v) is 8.80. The van der Waals surface area contributed by atoms with Crippen LogP contribution in [-0.2, 0) is 29.8 Å². The summed E-state index contributed by atoms with van der Waals surface area (Å²) in [6.45, 7) is 3.99. The van der Waals surface area contributed by atoms with Gasteiger partial charge in [0.25, 0.3) is 5.91 Å². The molecular weight excluding hydrogens is 388 g/mol. The Hall–Kier alpha value is -2.49. The smallest absolute Gasteiger partial charge is 0.261 e. The van der Waals surface area contributed by atoms with Gasteiger partial charge in [0.15, 0.2) is 0 Å². The molecule has 0 aliphatic carbocycles. The summed E-state index contributed by atoms with van der Waals surface area (Å²) in [5, 5.41) is 16.8. The topological polar surface area (TPSA) is 98.9 Å². The first-order valence-electron chi connectivity index (χ1n) is 9.96. The first-order valence-corrected chi connectivity index (χ1v) is 10.8. The maximum atomic E-state index is 12.7. The monoisotopic (exact) mass is 412 g/mol. The average molecular weight is 413 g/mol. The van der Waals surface area contributed by atoms with Crippen LogP contribution in [-0.4, -0.2) is 50.9 Å². The molecular formula is C20H24N6O2S. The van der Waals surface area contributed by atoms with Crippen LogP contribution >= 0.6 is 11.3 Å². The summed E-state index contributed by atoms with van der Waals surface area (Å²) in [5.74, 6) is -0.0363. The summed E-state index contributed by atoms with van der Waals surface area (Å²) >= 11 is 1.61. The van der Waals surface area contributed by atoms with Crippen molar-refractivity contribution in [3.05, 3.63) is 57.3 Å². The predicted octanol–water partition coefficient (Wildman–Crippen LogP) is 2.19. The zero-order valence-corrected chi connectivity index (χ0v) is 16.9. The number of aromatic amines is 2. The Morgan fingerprint density at radius 3 is 2.69 bits per heavy atom. The number of H-pyrrole nitrogens is 2. The number of hydrogen-bond acceptors (Lipinski definition) is 6. The highest BCUT2D eigenvalue weighted by Crippen LogP contribution is 2.44. The number of hydrogen-bond donors (Lipinski definition) is 3. The minimum atomic E-state index is -0.253. The molecule has 3 N–H and O–H groups in total. The zero-order chi connectivity index (χ0) is 19.7. The fourth-order valence-electron chi connectivity index (χ4n) is 4.27. The van der Waals surface area contributed by atoms with E-state index in [1.54, 1.807) is 23.7 Å². The number of ether oxygens (including phenoxy) is 1. The van der Waals surface area contributed by atoms with Crippen molar-refractivity contribution >= 4 is 17.2 Å². The molecule has 0 unspecified atom stereocenters. The van der Waals surface area contributed by atoms with E-state index in [4.69, 9.17) is 4.74 Å². The highest BCUT2D eigenvalue weighted by molar-refractivity contribution is 7.14. The van der Waals surface area contributed by atoms with Crippen LogP contribution in [0, 0.1) is 0 Å². The van der Waals surface area contributed by atoms with Crippen molar-refractivity contribution in [1.29, 1.82) is 0 Å². The molecule has 1 spiro atoms. The molecule has 0 atom stereocenters. The lowest BCUT2D eigenvalue weighted by atomic mass is 9.82. The van der Waals surface area contributed by atoms with Crippen LogP contribution in [0.5, 0.6) is 0 Å². The number of rotatable bonds is 5. The molecule has 1 fully saturated rings. The zero-order valence-electron chi connectivity index (χ0n) is 16.1. The molecule has 152 valence electrons. The van der Waals surface area contributed by atoms with Crippen molar-refractivity contribution in [3.8, 4) is 0 Å². The Morgan fingerprint density at radius 1 is 1.21 bits per heavy atom. The summed E-state index contributed by atoms with van der Waals surface area (Å²) < 4.78 is 6.34. The summed E-state index contributed by atoms with van der Waals surface area (Å²) in [5.41, 5.74) is 3.00. The van der Waals surface area contributed by atoms with Gasteiger partial charge in [-0.05, 0) is 36.6 Å². The fourth-order valence-corrected chi connectivity index (χ4v) is 5.42. The van der Waals surface area contributed by atoms with Crippen LogP contribution < -0.4 is 5.32 Å². The quantitative estimate of drug-likeness (QED) is 0.597. The Balaban J connectivity index is 1.27. The lowest BCUT2D eigenvalue weighted by Gasteiger charge is -2.44. The minimum absolute atomic E-state index is 0.0363. The van der Waals surface area contributed by atoms with Crippen molar-refractivity contribution in [2.75, 3.05) is 19.7 Å². The molecule has 0 saturated carbocycles. The lowest BCUT2D eigenvalue weighted by Crippen LogP contribution is -2.45. The average Bonchev–Trinajstić information content (AvgIpc) is 3.50. The van der Waals surface area contributed by atoms with E-state index in [9.17, 15) is 4.79 Å². The van der Waals surface area contributed by atoms with E-state index in [-0.39, 0.29) is 11.5 Å². The number of nitrogens with one attached hydrogen (secondary N) is 3. The summed E-state index contributed by atoms with van der Waals surface area (Å²) in [6.07, 6.45) is 6.25. The molecule has 2 aliphatic rings. The van der Waals surface area contributed by atoms with Crippen molar-refractivity contribution in [2.45, 2.75) is 38.0 Å². The summed E-state index contributed by atoms with van der Waals surface area (Å²) in [6, 6.07) is 5.94. The van der Waals surface area contributed by atoms with E-state index < -0.39 is 0 Å². The molecule has 0 aromatic carbocycles. The van der Waals surface area contributed by atoms with Gasteiger partial charge in [-0.15, -0.1) is 11.3 Å². The largest absolute Gasteiger partial charge is 0.370 e. The van der Waals surface area contributed by atoms with E-state index in [0.29, 0.717) is 6.54 Å². The Labute approximate surface area is 172 Å². The van der Waals surface area contributed by atoms with Crippen molar-refractivity contribution in [2.24, 2.45) is 0 Å². The molecule has 0 bridgehead atoms. The number of piperidine rings is 1. The third-order valence-electron chi connectivity index (χ3n) is 5.85. The van der Waals surface area contributed by atoms with Gasteiger partial charge in [0.2, 0.25) is 0 Å². The fraction of sp³-hybridized carbons (Fsp3) is 0.450. The van der Waals surface area contributed by atoms with Gasteiger partial charge in [-0.3, -0.25) is 19.9 Å². The van der Waals surface area contributed by atoms with Gasteiger partial charge in [0.1, 0.15) is 0 Å². The Bertz CT molecular complexity index is 957. The second-order valence-electron chi connectivity index (χ2n) is 7.66. The summed E-state index contributed by atoms with van der Waals surface area (Å²) in [4.78, 5) is 17.2. The van der Waals surface area contributed by atoms with E-state index in [1.807, 2.05) is 12.1 Å². The van der Waals surface area contributed by atoms with Crippen molar-refractivity contribution in [3.63, 3.8) is 0 Å². The Kier molecular flexibility index (Phi) is 4.94. The molecule has 29 heavy (non-hydrogen) atoms. The van der Waals surface area contributed by atoms with Crippen LogP contribution in [0.15, 0.2) is 30.6 Å². The number of aromatic nitrogens is 4. The van der Waals surface area contributed by atoms with Crippen LogP contribution in [0.4, 0.5) is 0 Å². The third kappa shape index (κ3) is 3.73. The van der Waals surface area contributed by atoms with Gasteiger partial charge < -0.3 is 10.1 Å². The third-order valence-corrected chi connectivity index (χ3v) is 7.04. The maximum absolute atomic E-state index is 12.7. The molecule has 2 aliphatic heterocycles. The minimum Gasteiger partial charge on any atom is -0.370 e. The van der Waals surface area contributed by atoms with E-state index >= 15 is 0 Å². The highest BCUT2D eigenvalue weighted by Gasteiger charge is 2.42. The van der Waals surface area contributed by atoms with Gasteiger partial charge in [0, 0.05) is 49.0 Å². The van der Waals surface area contributed by atoms with Gasteiger partial charge in [-0.2, -0.15) is 10.2 Å². The molecule has 5 heterocycles. The number of carbonyl (C=O) groups is 1. The van der Waals surface area contributed by atoms with Gasteiger partial charge >= 0.3 is 0 Å². The number of likely N-dealkylation sites (tertiary alicyclic amines) is 1. The van der Waals surface area contributed by atoms with E-state index in [0.717, 1.165) is 61.8 Å². The van der Waals surface area contributed by atoms with Crippen LogP contribution in [0.25, 0.3) is 0 Å². The van der Waals surface area contributed by atoms with E-state index in [1.165, 1.54) is 10.4 Å².